The van der Waals surface area contributed by atoms with Gasteiger partial charge in [-0.3, -0.25) is 0 Å². The van der Waals surface area contributed by atoms with Crippen LogP contribution < -0.4 is 0 Å². The Kier molecular flexibility index (Phi) is 7.67. The van der Waals surface area contributed by atoms with Gasteiger partial charge < -0.3 is 0 Å². The number of terminal acetylenes is 1. The Morgan fingerprint density at radius 1 is 1.00 bits per heavy atom. The Bertz CT molecular complexity index is 332. The third-order valence-electron chi connectivity index (χ3n) is 2.79. The number of unbranched alkanes of at least 4 members (excludes halogenated alkanes) is 5. The summed E-state index contributed by atoms with van der Waals surface area (Å²) in [5.74, 6) is 3.86. The number of hydrogen-bond acceptors (Lipinski definition) is 1. The smallest absolute Gasteiger partial charge is 0.0243 e. The molecule has 1 rings (SSSR count). The quantitative estimate of drug-likeness (QED) is 0.348. The van der Waals surface area contributed by atoms with Gasteiger partial charge >= 0.3 is 0 Å². The fourth-order valence-electron chi connectivity index (χ4n) is 1.72. The van der Waals surface area contributed by atoms with Gasteiger partial charge in [0.05, 0.1) is 0 Å². The van der Waals surface area contributed by atoms with Gasteiger partial charge in [-0.25, -0.2) is 0 Å². The van der Waals surface area contributed by atoms with Gasteiger partial charge in [-0.1, -0.05) is 44.9 Å². The molecule has 1 aromatic carbocycles. The van der Waals surface area contributed by atoms with E-state index in [2.05, 4.69) is 25.0 Å². The molecule has 0 radical (unpaired) electrons. The molecule has 0 saturated carbocycles. The molecule has 0 amide bonds. The molecule has 0 aromatic heterocycles. The first-order valence-corrected chi connectivity index (χ1v) is 7.55. The predicted molar refractivity (Wildman–Crippen MR) is 78.5 cm³/mol. The average molecular weight is 246 g/mol. The lowest BCUT2D eigenvalue weighted by atomic mass is 10.1. The van der Waals surface area contributed by atoms with Crippen molar-refractivity contribution >= 4 is 11.8 Å². The van der Waals surface area contributed by atoms with Crippen LogP contribution in [0.3, 0.4) is 0 Å². The van der Waals surface area contributed by atoms with Crippen molar-refractivity contribution in [3.8, 4) is 12.3 Å². The molecular weight excluding hydrogens is 224 g/mol. The maximum Gasteiger partial charge on any atom is 0.0243 e. The highest BCUT2D eigenvalue weighted by Gasteiger charge is 1.95. The van der Waals surface area contributed by atoms with E-state index in [1.807, 2.05) is 23.9 Å². The summed E-state index contributed by atoms with van der Waals surface area (Å²) >= 11 is 1.93. The highest BCUT2D eigenvalue weighted by atomic mass is 32.2. The molecule has 92 valence electrons. The molecule has 1 aromatic rings. The molecule has 0 atom stereocenters. The van der Waals surface area contributed by atoms with Crippen LogP contribution in [0.15, 0.2) is 29.2 Å². The van der Waals surface area contributed by atoms with Crippen molar-refractivity contribution in [2.24, 2.45) is 0 Å². The van der Waals surface area contributed by atoms with Gasteiger partial charge in [0.15, 0.2) is 0 Å². The van der Waals surface area contributed by atoms with Crippen LogP contribution in [0.1, 0.15) is 51.0 Å². The minimum atomic E-state index is 0.967. The molecule has 0 saturated heterocycles. The molecule has 0 aliphatic carbocycles. The van der Waals surface area contributed by atoms with E-state index >= 15 is 0 Å². The molecule has 0 spiro atoms. The van der Waals surface area contributed by atoms with Gasteiger partial charge in [0.25, 0.3) is 0 Å². The van der Waals surface area contributed by atoms with Gasteiger partial charge in [-0.2, -0.15) is 0 Å². The molecule has 0 heterocycles. The Balaban J connectivity index is 2.08. The van der Waals surface area contributed by atoms with E-state index in [1.54, 1.807) is 0 Å². The van der Waals surface area contributed by atoms with Crippen LogP contribution in [0.25, 0.3) is 0 Å². The van der Waals surface area contributed by atoms with Crippen LogP contribution in [-0.4, -0.2) is 5.75 Å². The van der Waals surface area contributed by atoms with Crippen molar-refractivity contribution in [2.75, 3.05) is 5.75 Å². The number of hydrogen-bond donors (Lipinski definition) is 0. The van der Waals surface area contributed by atoms with E-state index in [0.29, 0.717) is 0 Å². The Morgan fingerprint density at radius 2 is 1.65 bits per heavy atom. The van der Waals surface area contributed by atoms with E-state index < -0.39 is 0 Å². The monoisotopic (exact) mass is 246 g/mol. The first-order chi connectivity index (χ1) is 8.36. The van der Waals surface area contributed by atoms with Crippen molar-refractivity contribution < 1.29 is 0 Å². The first-order valence-electron chi connectivity index (χ1n) is 6.56. The van der Waals surface area contributed by atoms with Crippen molar-refractivity contribution in [3.63, 3.8) is 0 Å². The summed E-state index contributed by atoms with van der Waals surface area (Å²) in [6.45, 7) is 2.26. The van der Waals surface area contributed by atoms with Gasteiger partial charge in [0.1, 0.15) is 0 Å². The minimum absolute atomic E-state index is 0.967. The molecule has 0 nitrogen and oxygen atoms in total. The van der Waals surface area contributed by atoms with E-state index in [0.717, 1.165) is 5.56 Å². The highest BCUT2D eigenvalue weighted by molar-refractivity contribution is 7.99. The van der Waals surface area contributed by atoms with E-state index in [1.165, 1.54) is 49.2 Å². The van der Waals surface area contributed by atoms with Crippen molar-refractivity contribution in [1.29, 1.82) is 0 Å². The van der Waals surface area contributed by atoms with Gasteiger partial charge in [-0.05, 0) is 36.4 Å². The van der Waals surface area contributed by atoms with Crippen LogP contribution in [0.2, 0.25) is 0 Å². The van der Waals surface area contributed by atoms with Crippen molar-refractivity contribution in [1.82, 2.24) is 0 Å². The topological polar surface area (TPSA) is 0 Å². The molecule has 0 N–H and O–H groups in total. The Labute approximate surface area is 110 Å². The van der Waals surface area contributed by atoms with Crippen molar-refractivity contribution in [2.45, 2.75) is 50.3 Å². The average Bonchev–Trinajstić information content (AvgIpc) is 2.38. The number of thioether (sulfide) groups is 1. The largest absolute Gasteiger partial charge is 0.126 e. The van der Waals surface area contributed by atoms with Crippen molar-refractivity contribution in [3.05, 3.63) is 29.8 Å². The lowest BCUT2D eigenvalue weighted by Gasteiger charge is -2.02. The summed E-state index contributed by atoms with van der Waals surface area (Å²) in [5, 5.41) is 0. The fourth-order valence-corrected chi connectivity index (χ4v) is 2.63. The fraction of sp³-hybridized carbons (Fsp3) is 0.500. The molecule has 0 bridgehead atoms. The van der Waals surface area contributed by atoms with Crippen LogP contribution in [0, 0.1) is 12.3 Å². The minimum Gasteiger partial charge on any atom is -0.126 e. The molecule has 0 aliphatic rings. The van der Waals surface area contributed by atoms with Crippen LogP contribution in [0.5, 0.6) is 0 Å². The summed E-state index contributed by atoms with van der Waals surface area (Å²) in [5.41, 5.74) is 0.967. The lowest BCUT2D eigenvalue weighted by molar-refractivity contribution is 0.627. The van der Waals surface area contributed by atoms with Gasteiger partial charge in [0.2, 0.25) is 0 Å². The second kappa shape index (κ2) is 9.19. The summed E-state index contributed by atoms with van der Waals surface area (Å²) < 4.78 is 0. The zero-order valence-corrected chi connectivity index (χ0v) is 11.6. The Hall–Kier alpha value is -0.870. The highest BCUT2D eigenvalue weighted by Crippen LogP contribution is 2.20. The number of rotatable bonds is 8. The molecule has 17 heavy (non-hydrogen) atoms. The van der Waals surface area contributed by atoms with E-state index in [4.69, 9.17) is 6.42 Å². The maximum absolute atomic E-state index is 5.32. The second-order valence-electron chi connectivity index (χ2n) is 4.28. The SMILES string of the molecule is C#Cc1ccc(SCCCCCCCC)cc1. The lowest BCUT2D eigenvalue weighted by Crippen LogP contribution is -1.83. The molecule has 0 aliphatic heterocycles. The predicted octanol–water partition coefficient (Wildman–Crippen LogP) is 5.12. The summed E-state index contributed by atoms with van der Waals surface area (Å²) in [6, 6.07) is 8.28. The van der Waals surface area contributed by atoms with Gasteiger partial charge in [0, 0.05) is 10.5 Å². The van der Waals surface area contributed by atoms with Crippen LogP contribution in [-0.2, 0) is 0 Å². The normalized spacial score (nSPS) is 10.1. The molecule has 0 fully saturated rings. The third kappa shape index (κ3) is 6.44. The standard InChI is InChI=1S/C16H22S/c1-3-5-6-7-8-9-14-17-16-12-10-15(4-2)11-13-16/h2,10-13H,3,5-9,14H2,1H3. The summed E-state index contributed by atoms with van der Waals surface area (Å²) in [7, 11) is 0. The molecule has 0 unspecified atom stereocenters. The zero-order valence-electron chi connectivity index (χ0n) is 10.7. The zero-order chi connectivity index (χ0) is 12.3. The van der Waals surface area contributed by atoms with Crippen LogP contribution >= 0.6 is 11.8 Å². The molecule has 1 heteroatoms. The van der Waals surface area contributed by atoms with Gasteiger partial charge in [-0.15, -0.1) is 18.2 Å². The number of benzene rings is 1. The summed E-state index contributed by atoms with van der Waals surface area (Å²) in [4.78, 5) is 1.33. The van der Waals surface area contributed by atoms with Crippen LogP contribution in [0.4, 0.5) is 0 Å². The maximum atomic E-state index is 5.32. The first kappa shape index (κ1) is 14.2. The summed E-state index contributed by atoms with van der Waals surface area (Å²) in [6.07, 6.45) is 13.5. The van der Waals surface area contributed by atoms with E-state index in [-0.39, 0.29) is 0 Å². The Morgan fingerprint density at radius 3 is 2.29 bits per heavy atom. The third-order valence-corrected chi connectivity index (χ3v) is 3.89. The second-order valence-corrected chi connectivity index (χ2v) is 5.45. The van der Waals surface area contributed by atoms with E-state index in [9.17, 15) is 0 Å². The molecular formula is C16H22S.